The molecule has 0 saturated carbocycles. The quantitative estimate of drug-likeness (QED) is 0.664. The van der Waals surface area contributed by atoms with Crippen molar-refractivity contribution >= 4 is 41.2 Å². The number of benzene rings is 2. The summed E-state index contributed by atoms with van der Waals surface area (Å²) in [6, 6.07) is 10.8. The topological polar surface area (TPSA) is 75.7 Å². The lowest BCUT2D eigenvalue weighted by atomic mass is 10.1. The van der Waals surface area contributed by atoms with Crippen LogP contribution in [-0.2, 0) is 9.59 Å². The molecule has 1 fully saturated rings. The molecule has 1 aliphatic rings. The molecule has 0 bridgehead atoms. The summed E-state index contributed by atoms with van der Waals surface area (Å²) in [5.74, 6) is -0.808. The highest BCUT2D eigenvalue weighted by atomic mass is 35.5. The minimum atomic E-state index is -0.813. The number of barbiturate groups is 1. The monoisotopic (exact) mass is 370 g/mol. The van der Waals surface area contributed by atoms with Crippen LogP contribution in [0.3, 0.4) is 0 Å². The second kappa shape index (κ2) is 7.01. The van der Waals surface area contributed by atoms with Gasteiger partial charge in [0.05, 0.1) is 12.8 Å². The van der Waals surface area contributed by atoms with Crippen molar-refractivity contribution in [2.45, 2.75) is 6.92 Å². The molecule has 0 atom stereocenters. The van der Waals surface area contributed by atoms with E-state index in [-0.39, 0.29) is 11.3 Å². The zero-order valence-electron chi connectivity index (χ0n) is 14.1. The lowest BCUT2D eigenvalue weighted by Gasteiger charge is -2.26. The van der Waals surface area contributed by atoms with E-state index in [1.165, 1.54) is 12.1 Å². The van der Waals surface area contributed by atoms with Crippen LogP contribution in [0.2, 0.25) is 5.02 Å². The SMILES string of the molecule is COc1ccc(C=C2C(=O)NC(=O)N(c3ccc(C)c(Cl)c3)C2=O)cc1. The van der Waals surface area contributed by atoms with Gasteiger partial charge in [-0.3, -0.25) is 14.9 Å². The van der Waals surface area contributed by atoms with Crippen LogP contribution in [0.1, 0.15) is 11.1 Å². The second-order valence-corrected chi connectivity index (χ2v) is 6.07. The van der Waals surface area contributed by atoms with Gasteiger partial charge in [0.25, 0.3) is 11.8 Å². The number of hydrogen-bond donors (Lipinski definition) is 1. The number of amides is 4. The Bertz CT molecular complexity index is 935. The second-order valence-electron chi connectivity index (χ2n) is 5.66. The Morgan fingerprint density at radius 3 is 2.38 bits per heavy atom. The van der Waals surface area contributed by atoms with Crippen LogP contribution in [0.5, 0.6) is 5.75 Å². The van der Waals surface area contributed by atoms with E-state index >= 15 is 0 Å². The fourth-order valence-electron chi connectivity index (χ4n) is 2.48. The number of carbonyl (C=O) groups is 3. The number of imide groups is 2. The summed E-state index contributed by atoms with van der Waals surface area (Å²) in [5.41, 5.74) is 1.58. The van der Waals surface area contributed by atoms with Gasteiger partial charge in [-0.2, -0.15) is 0 Å². The van der Waals surface area contributed by atoms with Crippen LogP contribution in [0.4, 0.5) is 10.5 Å². The molecule has 0 aliphatic carbocycles. The maximum absolute atomic E-state index is 12.8. The van der Waals surface area contributed by atoms with Crippen molar-refractivity contribution in [1.29, 1.82) is 0 Å². The number of anilines is 1. The van der Waals surface area contributed by atoms with Gasteiger partial charge in [-0.15, -0.1) is 0 Å². The van der Waals surface area contributed by atoms with E-state index in [1.807, 2.05) is 6.92 Å². The molecule has 0 aromatic heterocycles. The van der Waals surface area contributed by atoms with E-state index in [9.17, 15) is 14.4 Å². The highest BCUT2D eigenvalue weighted by Gasteiger charge is 2.36. The number of nitrogens with one attached hydrogen (secondary N) is 1. The van der Waals surface area contributed by atoms with E-state index in [0.29, 0.717) is 16.3 Å². The molecule has 1 aliphatic heterocycles. The lowest BCUT2D eigenvalue weighted by Crippen LogP contribution is -2.54. The summed E-state index contributed by atoms with van der Waals surface area (Å²) in [5, 5.41) is 2.59. The van der Waals surface area contributed by atoms with Crippen LogP contribution >= 0.6 is 11.6 Å². The summed E-state index contributed by atoms with van der Waals surface area (Å²) in [6.07, 6.45) is 1.42. The molecule has 2 aromatic carbocycles. The number of carbonyl (C=O) groups excluding carboxylic acids is 3. The third-order valence-electron chi connectivity index (χ3n) is 3.94. The molecule has 6 nitrogen and oxygen atoms in total. The molecule has 0 spiro atoms. The number of hydrogen-bond acceptors (Lipinski definition) is 4. The Hall–Kier alpha value is -3.12. The highest BCUT2D eigenvalue weighted by molar-refractivity contribution is 6.39. The molecular formula is C19H15ClN2O4. The summed E-state index contributed by atoms with van der Waals surface area (Å²) < 4.78 is 5.08. The zero-order chi connectivity index (χ0) is 18.8. The van der Waals surface area contributed by atoms with Gasteiger partial charge in [0.1, 0.15) is 11.3 Å². The van der Waals surface area contributed by atoms with Crippen molar-refractivity contribution in [3.05, 3.63) is 64.2 Å². The molecule has 2 aromatic rings. The van der Waals surface area contributed by atoms with Gasteiger partial charge in [-0.1, -0.05) is 29.8 Å². The number of nitrogens with zero attached hydrogens (tertiary/aromatic N) is 1. The van der Waals surface area contributed by atoms with Crippen LogP contribution in [0.15, 0.2) is 48.0 Å². The predicted molar refractivity (Wildman–Crippen MR) is 98.2 cm³/mol. The van der Waals surface area contributed by atoms with Crippen molar-refractivity contribution in [2.24, 2.45) is 0 Å². The Balaban J connectivity index is 1.99. The number of methoxy groups -OCH3 is 1. The van der Waals surface area contributed by atoms with Crippen molar-refractivity contribution < 1.29 is 19.1 Å². The van der Waals surface area contributed by atoms with Crippen LogP contribution in [0.25, 0.3) is 6.08 Å². The molecule has 1 N–H and O–H groups in total. The first-order valence-corrected chi connectivity index (χ1v) is 8.10. The maximum Gasteiger partial charge on any atom is 0.335 e. The fourth-order valence-corrected chi connectivity index (χ4v) is 2.65. The summed E-state index contributed by atoms with van der Waals surface area (Å²) in [6.45, 7) is 1.81. The first-order chi connectivity index (χ1) is 12.4. The zero-order valence-corrected chi connectivity index (χ0v) is 14.8. The molecule has 132 valence electrons. The van der Waals surface area contributed by atoms with Crippen LogP contribution in [0, 0.1) is 6.92 Å². The maximum atomic E-state index is 12.8. The van der Waals surface area contributed by atoms with Gasteiger partial charge in [0, 0.05) is 5.02 Å². The van der Waals surface area contributed by atoms with Gasteiger partial charge in [-0.25, -0.2) is 9.69 Å². The first kappa shape index (κ1) is 17.7. The third-order valence-corrected chi connectivity index (χ3v) is 4.35. The summed E-state index contributed by atoms with van der Waals surface area (Å²) >= 11 is 6.09. The molecule has 7 heteroatoms. The predicted octanol–water partition coefficient (Wildman–Crippen LogP) is 3.32. The minimum absolute atomic E-state index is 0.147. The molecule has 1 saturated heterocycles. The first-order valence-electron chi connectivity index (χ1n) is 7.72. The summed E-state index contributed by atoms with van der Waals surface area (Å²) in [4.78, 5) is 38.0. The van der Waals surface area contributed by atoms with Gasteiger partial charge in [0.15, 0.2) is 0 Å². The normalized spacial score (nSPS) is 16.0. The molecule has 1 heterocycles. The number of halogens is 1. The van der Waals surface area contributed by atoms with Gasteiger partial charge < -0.3 is 4.74 Å². The smallest absolute Gasteiger partial charge is 0.335 e. The molecule has 26 heavy (non-hydrogen) atoms. The van der Waals surface area contributed by atoms with Gasteiger partial charge >= 0.3 is 6.03 Å². The van der Waals surface area contributed by atoms with Crippen molar-refractivity contribution in [3.8, 4) is 5.75 Å². The van der Waals surface area contributed by atoms with Crippen molar-refractivity contribution in [1.82, 2.24) is 5.32 Å². The van der Waals surface area contributed by atoms with Crippen molar-refractivity contribution in [2.75, 3.05) is 12.0 Å². The van der Waals surface area contributed by atoms with E-state index < -0.39 is 17.8 Å². The van der Waals surface area contributed by atoms with E-state index in [2.05, 4.69) is 5.32 Å². The number of ether oxygens (including phenoxy) is 1. The largest absolute Gasteiger partial charge is 0.497 e. The number of rotatable bonds is 3. The Morgan fingerprint density at radius 1 is 1.08 bits per heavy atom. The van der Waals surface area contributed by atoms with Gasteiger partial charge in [-0.05, 0) is 48.4 Å². The molecule has 0 radical (unpaired) electrons. The fraction of sp³-hybridized carbons (Fsp3) is 0.105. The molecule has 3 rings (SSSR count). The standard InChI is InChI=1S/C19H15ClN2O4/c1-11-3-6-13(10-16(11)20)22-18(24)15(17(23)21-19(22)25)9-12-4-7-14(26-2)8-5-12/h3-10H,1-2H3,(H,21,23,25). The molecular weight excluding hydrogens is 356 g/mol. The molecule has 0 unspecified atom stereocenters. The van der Waals surface area contributed by atoms with Crippen LogP contribution in [-0.4, -0.2) is 25.0 Å². The number of urea groups is 1. The van der Waals surface area contributed by atoms with E-state index in [4.69, 9.17) is 16.3 Å². The van der Waals surface area contributed by atoms with Crippen molar-refractivity contribution in [3.63, 3.8) is 0 Å². The van der Waals surface area contributed by atoms with E-state index in [0.717, 1.165) is 10.5 Å². The minimum Gasteiger partial charge on any atom is -0.497 e. The Morgan fingerprint density at radius 2 is 1.77 bits per heavy atom. The average Bonchev–Trinajstić information content (AvgIpc) is 2.62. The summed E-state index contributed by atoms with van der Waals surface area (Å²) in [7, 11) is 1.54. The molecule has 4 amide bonds. The van der Waals surface area contributed by atoms with Gasteiger partial charge in [0.2, 0.25) is 0 Å². The Kier molecular flexibility index (Phi) is 4.77. The highest BCUT2D eigenvalue weighted by Crippen LogP contribution is 2.26. The third kappa shape index (κ3) is 3.32. The Labute approximate surface area is 155 Å². The number of aryl methyl sites for hydroxylation is 1. The van der Waals surface area contributed by atoms with Crippen LogP contribution < -0.4 is 15.0 Å². The average molecular weight is 371 g/mol. The van der Waals surface area contributed by atoms with E-state index in [1.54, 1.807) is 43.5 Å². The lowest BCUT2D eigenvalue weighted by molar-refractivity contribution is -0.122.